The molecule has 5 heterocycles. The first-order valence-corrected chi connectivity index (χ1v) is 14.5. The summed E-state index contributed by atoms with van der Waals surface area (Å²) >= 11 is 0. The molecule has 0 spiro atoms. The third-order valence-corrected chi connectivity index (χ3v) is 8.26. The maximum Gasteiger partial charge on any atom is 0.126 e. The Balaban J connectivity index is 1.49. The molecule has 4 aliphatic rings. The first-order valence-electron chi connectivity index (χ1n) is 14.5. The Labute approximate surface area is 250 Å². The Kier molecular flexibility index (Phi) is 5.91. The zero-order valence-corrected chi connectivity index (χ0v) is 23.4. The summed E-state index contributed by atoms with van der Waals surface area (Å²) in [7, 11) is 0. The van der Waals surface area contributed by atoms with Crippen molar-refractivity contribution in [2.45, 2.75) is 11.6 Å². The van der Waals surface area contributed by atoms with E-state index in [-0.39, 0.29) is 5.92 Å². The topological polar surface area (TPSA) is 69.8 Å². The monoisotopic (exact) mass is 555 g/mol. The maximum absolute atomic E-state index is 7.80. The van der Waals surface area contributed by atoms with Crippen molar-refractivity contribution in [2.24, 2.45) is 15.7 Å². The molecule has 3 aromatic carbocycles. The number of H-pyrrole nitrogens is 1. The van der Waals surface area contributed by atoms with Gasteiger partial charge in [0.1, 0.15) is 5.66 Å². The summed E-state index contributed by atoms with van der Waals surface area (Å²) in [5, 5.41) is 1.97. The van der Waals surface area contributed by atoms with Gasteiger partial charge in [-0.15, -0.1) is 0 Å². The van der Waals surface area contributed by atoms with Gasteiger partial charge >= 0.3 is 0 Å². The summed E-state index contributed by atoms with van der Waals surface area (Å²) in [5.41, 5.74) is 15.6. The number of nitrogens with two attached hydrogens (primary N) is 1. The summed E-state index contributed by atoms with van der Waals surface area (Å²) in [5.74, 6) is -0.214. The fraction of sp³-hybridized carbons (Fsp3) is 0.0526. The van der Waals surface area contributed by atoms with Crippen molar-refractivity contribution < 1.29 is 0 Å². The second-order valence-corrected chi connectivity index (χ2v) is 11.1. The standard InChI is InChI=1S/C38H29N5/c39-38-25-33-21-20-31(42-33)23-29-17-16-28(40-29)22-30-18-19-32(41-30)24-35(43(38)34-14-8-3-9-15-34)36(26-10-4-1-5-11-26)37(38)27-12-6-2-7-13-27/h1-25,37,40H,39H2/b28-22-,29-23-,32-24-,33-25-. The normalized spacial score (nSPS) is 26.1. The van der Waals surface area contributed by atoms with Crippen molar-refractivity contribution in [3.05, 3.63) is 179 Å². The molecule has 8 bridgehead atoms. The molecule has 2 atom stereocenters. The Bertz CT molecular complexity index is 2070. The van der Waals surface area contributed by atoms with Crippen LogP contribution >= 0.6 is 0 Å². The summed E-state index contributed by atoms with van der Waals surface area (Å²) in [6.45, 7) is 0. The second-order valence-electron chi connectivity index (χ2n) is 11.1. The summed E-state index contributed by atoms with van der Waals surface area (Å²) in [6, 6.07) is 35.6. The van der Waals surface area contributed by atoms with E-state index in [9.17, 15) is 0 Å². The molecule has 8 rings (SSSR count). The van der Waals surface area contributed by atoms with Gasteiger partial charge in [0.05, 0.1) is 28.7 Å². The Hall–Kier alpha value is -5.52. The largest absolute Gasteiger partial charge is 0.355 e. The quantitative estimate of drug-likeness (QED) is 0.338. The van der Waals surface area contributed by atoms with Crippen LogP contribution in [0.15, 0.2) is 167 Å². The summed E-state index contributed by atoms with van der Waals surface area (Å²) in [4.78, 5) is 15.8. The summed E-state index contributed by atoms with van der Waals surface area (Å²) in [6.07, 6.45) is 16.6. The van der Waals surface area contributed by atoms with Crippen LogP contribution in [0.2, 0.25) is 0 Å². The number of anilines is 1. The molecule has 5 heteroatoms. The van der Waals surface area contributed by atoms with E-state index in [0.29, 0.717) is 0 Å². The van der Waals surface area contributed by atoms with Gasteiger partial charge in [-0.3, -0.25) is 0 Å². The zero-order valence-electron chi connectivity index (χ0n) is 23.4. The van der Waals surface area contributed by atoms with Gasteiger partial charge in [0.15, 0.2) is 0 Å². The van der Waals surface area contributed by atoms with Crippen LogP contribution in [0.3, 0.4) is 0 Å². The van der Waals surface area contributed by atoms with E-state index < -0.39 is 5.66 Å². The van der Waals surface area contributed by atoms with Gasteiger partial charge < -0.3 is 15.6 Å². The molecule has 0 saturated heterocycles. The first kappa shape index (κ1) is 25.2. The number of aliphatic imine (C=N–C) groups is 2. The molecule has 5 nitrogen and oxygen atoms in total. The predicted molar refractivity (Wildman–Crippen MR) is 177 cm³/mol. The Morgan fingerprint density at radius 1 is 0.628 bits per heavy atom. The third-order valence-electron chi connectivity index (χ3n) is 8.26. The number of aromatic nitrogens is 1. The second kappa shape index (κ2) is 10.1. The highest BCUT2D eigenvalue weighted by Gasteiger charge is 2.51. The number of para-hydroxylation sites is 1. The van der Waals surface area contributed by atoms with Crippen molar-refractivity contribution in [1.82, 2.24) is 4.98 Å². The summed E-state index contributed by atoms with van der Waals surface area (Å²) < 4.78 is 0. The smallest absolute Gasteiger partial charge is 0.126 e. The van der Waals surface area contributed by atoms with Gasteiger partial charge in [0.25, 0.3) is 0 Å². The van der Waals surface area contributed by atoms with Crippen LogP contribution in [-0.2, 0) is 0 Å². The zero-order chi connectivity index (χ0) is 28.8. The highest BCUT2D eigenvalue weighted by atomic mass is 15.3. The molecule has 0 aliphatic carbocycles. The molecule has 2 unspecified atom stereocenters. The van der Waals surface area contributed by atoms with Crippen LogP contribution in [0.4, 0.5) is 5.69 Å². The highest BCUT2D eigenvalue weighted by Crippen LogP contribution is 2.53. The number of fused-ring (bicyclic) bond motifs is 6. The van der Waals surface area contributed by atoms with E-state index in [1.54, 1.807) is 0 Å². The van der Waals surface area contributed by atoms with Crippen LogP contribution in [0, 0.1) is 0 Å². The fourth-order valence-corrected chi connectivity index (χ4v) is 6.48. The molecular formula is C38H29N5. The van der Waals surface area contributed by atoms with Crippen LogP contribution in [0.25, 0.3) is 17.7 Å². The van der Waals surface area contributed by atoms with Crippen molar-refractivity contribution in [3.8, 4) is 0 Å². The lowest BCUT2D eigenvalue weighted by atomic mass is 9.79. The highest BCUT2D eigenvalue weighted by molar-refractivity contribution is 6.20. The third kappa shape index (κ3) is 4.47. The lowest BCUT2D eigenvalue weighted by Gasteiger charge is -2.40. The molecule has 1 aromatic heterocycles. The number of rotatable bonds is 3. The molecule has 0 radical (unpaired) electrons. The van der Waals surface area contributed by atoms with E-state index in [0.717, 1.165) is 61.6 Å². The Morgan fingerprint density at radius 3 is 1.88 bits per heavy atom. The molecule has 4 aromatic rings. The lowest BCUT2D eigenvalue weighted by Crippen LogP contribution is -2.55. The van der Waals surface area contributed by atoms with E-state index in [2.05, 4.69) is 137 Å². The maximum atomic E-state index is 7.80. The molecule has 43 heavy (non-hydrogen) atoms. The molecule has 4 aliphatic heterocycles. The minimum Gasteiger partial charge on any atom is -0.355 e. The van der Waals surface area contributed by atoms with E-state index in [4.69, 9.17) is 15.7 Å². The minimum absolute atomic E-state index is 0.214. The molecule has 206 valence electrons. The van der Waals surface area contributed by atoms with Crippen LogP contribution in [-0.4, -0.2) is 22.1 Å². The average Bonchev–Trinajstić information content (AvgIpc) is 3.82. The molecule has 0 saturated carbocycles. The average molecular weight is 556 g/mol. The van der Waals surface area contributed by atoms with Crippen molar-refractivity contribution in [1.29, 1.82) is 0 Å². The molecule has 3 N–H and O–H groups in total. The number of hydrogen-bond acceptors (Lipinski definition) is 4. The van der Waals surface area contributed by atoms with E-state index >= 15 is 0 Å². The van der Waals surface area contributed by atoms with E-state index in [1.807, 2.05) is 24.3 Å². The SMILES string of the molecule is NC12/C=C3/C=CC(=N3)/C=c3/cc/c([nH]3)=C/C3=NC(=C\C(=C(c4ccccc4)C1c1ccccc1)N2c1ccccc1)/C=C3. The molecule has 0 fully saturated rings. The van der Waals surface area contributed by atoms with Crippen molar-refractivity contribution in [2.75, 3.05) is 4.90 Å². The van der Waals surface area contributed by atoms with Gasteiger partial charge in [-0.2, -0.15) is 0 Å². The van der Waals surface area contributed by atoms with Gasteiger partial charge in [-0.25, -0.2) is 9.98 Å². The van der Waals surface area contributed by atoms with Crippen LogP contribution in [0.1, 0.15) is 17.0 Å². The van der Waals surface area contributed by atoms with Crippen LogP contribution in [0.5, 0.6) is 0 Å². The molecular weight excluding hydrogens is 526 g/mol. The van der Waals surface area contributed by atoms with Gasteiger partial charge in [-0.05, 0) is 89.6 Å². The van der Waals surface area contributed by atoms with Gasteiger partial charge in [0.2, 0.25) is 0 Å². The number of allylic oxidation sites excluding steroid dienone is 5. The minimum atomic E-state index is -1.00. The fourth-order valence-electron chi connectivity index (χ4n) is 6.48. The molecule has 0 amide bonds. The lowest BCUT2D eigenvalue weighted by molar-refractivity contribution is 0.508. The van der Waals surface area contributed by atoms with Crippen molar-refractivity contribution in [3.63, 3.8) is 0 Å². The van der Waals surface area contributed by atoms with Crippen molar-refractivity contribution >= 4 is 34.8 Å². The van der Waals surface area contributed by atoms with E-state index in [1.165, 1.54) is 0 Å². The number of nitrogens with one attached hydrogen (secondary N) is 1. The number of nitrogens with zero attached hydrogens (tertiary/aromatic N) is 3. The Morgan fingerprint density at radius 2 is 1.21 bits per heavy atom. The van der Waals surface area contributed by atoms with Gasteiger partial charge in [0, 0.05) is 22.1 Å². The first-order chi connectivity index (χ1) is 21.1. The predicted octanol–water partition coefficient (Wildman–Crippen LogP) is 5.75. The number of aromatic amines is 1. The number of benzene rings is 3. The van der Waals surface area contributed by atoms with Gasteiger partial charge in [-0.1, -0.05) is 78.9 Å². The van der Waals surface area contributed by atoms with Crippen LogP contribution < -0.4 is 21.3 Å². The number of hydrogen-bond donors (Lipinski definition) is 2.